The van der Waals surface area contributed by atoms with E-state index < -0.39 is 5.60 Å². The number of nitrogens with one attached hydrogen (secondary N) is 1. The van der Waals surface area contributed by atoms with Gasteiger partial charge in [0.15, 0.2) is 0 Å². The van der Waals surface area contributed by atoms with Crippen LogP contribution in [0.15, 0.2) is 0 Å². The molecule has 1 aliphatic rings. The predicted octanol–water partition coefficient (Wildman–Crippen LogP) is 1.54. The van der Waals surface area contributed by atoms with Crippen LogP contribution >= 0.6 is 0 Å². The second-order valence-electron chi connectivity index (χ2n) is 4.56. The van der Waals surface area contributed by atoms with Crippen molar-refractivity contribution in [3.05, 3.63) is 0 Å². The Kier molecular flexibility index (Phi) is 3.53. The van der Waals surface area contributed by atoms with Gasteiger partial charge in [-0.2, -0.15) is 0 Å². The molecule has 2 nitrogen and oxygen atoms in total. The SMILES string of the molecule is CC(C)(O)CCC1CCCNC1. The normalized spacial score (nSPS) is 25.8. The van der Waals surface area contributed by atoms with Crippen LogP contribution in [0.2, 0.25) is 0 Å². The highest BCUT2D eigenvalue weighted by Crippen LogP contribution is 2.20. The third-order valence-corrected chi connectivity index (χ3v) is 2.56. The van der Waals surface area contributed by atoms with E-state index in [4.69, 9.17) is 0 Å². The van der Waals surface area contributed by atoms with E-state index in [0.29, 0.717) is 0 Å². The van der Waals surface area contributed by atoms with Gasteiger partial charge in [0, 0.05) is 0 Å². The van der Waals surface area contributed by atoms with E-state index in [1.807, 2.05) is 13.8 Å². The molecule has 12 heavy (non-hydrogen) atoms. The van der Waals surface area contributed by atoms with Gasteiger partial charge in [0.25, 0.3) is 0 Å². The highest BCUT2D eigenvalue weighted by molar-refractivity contribution is 4.73. The molecule has 1 aliphatic heterocycles. The fourth-order valence-corrected chi connectivity index (χ4v) is 1.73. The first-order valence-corrected chi connectivity index (χ1v) is 5.01. The third kappa shape index (κ3) is 4.07. The standard InChI is InChI=1S/C10H21NO/c1-10(2,12)6-5-9-4-3-7-11-8-9/h9,11-12H,3-8H2,1-2H3. The van der Waals surface area contributed by atoms with Gasteiger partial charge in [0.1, 0.15) is 0 Å². The van der Waals surface area contributed by atoms with Crippen LogP contribution in [0.25, 0.3) is 0 Å². The molecular weight excluding hydrogens is 150 g/mol. The molecule has 0 amide bonds. The average molecular weight is 171 g/mol. The van der Waals surface area contributed by atoms with E-state index in [9.17, 15) is 5.11 Å². The van der Waals surface area contributed by atoms with Gasteiger partial charge in [-0.1, -0.05) is 0 Å². The van der Waals surface area contributed by atoms with Crippen molar-refractivity contribution in [3.8, 4) is 0 Å². The van der Waals surface area contributed by atoms with Gasteiger partial charge in [-0.05, 0) is 58.5 Å². The van der Waals surface area contributed by atoms with Gasteiger partial charge in [-0.3, -0.25) is 0 Å². The van der Waals surface area contributed by atoms with Gasteiger partial charge in [-0.25, -0.2) is 0 Å². The molecule has 0 aliphatic carbocycles. The zero-order valence-electron chi connectivity index (χ0n) is 8.27. The van der Waals surface area contributed by atoms with E-state index in [-0.39, 0.29) is 0 Å². The van der Waals surface area contributed by atoms with Crippen molar-refractivity contribution in [2.45, 2.75) is 45.1 Å². The summed E-state index contributed by atoms with van der Waals surface area (Å²) in [5, 5.41) is 12.9. The summed E-state index contributed by atoms with van der Waals surface area (Å²) in [4.78, 5) is 0. The second-order valence-corrected chi connectivity index (χ2v) is 4.56. The maximum Gasteiger partial charge on any atom is 0.0591 e. The maximum atomic E-state index is 9.53. The van der Waals surface area contributed by atoms with Crippen molar-refractivity contribution < 1.29 is 5.11 Å². The van der Waals surface area contributed by atoms with E-state index in [2.05, 4.69) is 5.32 Å². The summed E-state index contributed by atoms with van der Waals surface area (Å²) in [6, 6.07) is 0. The van der Waals surface area contributed by atoms with Crippen LogP contribution in [0.1, 0.15) is 39.5 Å². The van der Waals surface area contributed by atoms with Crippen LogP contribution in [0, 0.1) is 5.92 Å². The lowest BCUT2D eigenvalue weighted by Crippen LogP contribution is -2.31. The van der Waals surface area contributed by atoms with Crippen molar-refractivity contribution in [1.29, 1.82) is 0 Å². The molecule has 0 aromatic rings. The number of piperidine rings is 1. The quantitative estimate of drug-likeness (QED) is 0.675. The Balaban J connectivity index is 2.13. The van der Waals surface area contributed by atoms with E-state index in [0.717, 1.165) is 25.3 Å². The van der Waals surface area contributed by atoms with E-state index in [1.165, 1.54) is 19.4 Å². The molecule has 2 N–H and O–H groups in total. The maximum absolute atomic E-state index is 9.53. The lowest BCUT2D eigenvalue weighted by Gasteiger charge is -2.25. The van der Waals surface area contributed by atoms with Crippen LogP contribution < -0.4 is 5.32 Å². The minimum atomic E-state index is -0.475. The fourth-order valence-electron chi connectivity index (χ4n) is 1.73. The summed E-state index contributed by atoms with van der Waals surface area (Å²) in [5.74, 6) is 0.796. The lowest BCUT2D eigenvalue weighted by molar-refractivity contribution is 0.0621. The Hall–Kier alpha value is -0.0800. The first kappa shape index (κ1) is 10.0. The lowest BCUT2D eigenvalue weighted by atomic mass is 9.90. The van der Waals surface area contributed by atoms with Crippen LogP contribution in [0.5, 0.6) is 0 Å². The molecule has 0 radical (unpaired) electrons. The molecule has 0 aromatic carbocycles. The Morgan fingerprint density at radius 1 is 1.50 bits per heavy atom. The van der Waals surface area contributed by atoms with Gasteiger partial charge in [0.2, 0.25) is 0 Å². The van der Waals surface area contributed by atoms with Gasteiger partial charge in [-0.15, -0.1) is 0 Å². The van der Waals surface area contributed by atoms with Gasteiger partial charge < -0.3 is 10.4 Å². The monoisotopic (exact) mass is 171 g/mol. The topological polar surface area (TPSA) is 32.3 Å². The zero-order valence-corrected chi connectivity index (χ0v) is 8.27. The number of hydrogen-bond acceptors (Lipinski definition) is 2. The largest absolute Gasteiger partial charge is 0.390 e. The molecule has 0 aromatic heterocycles. The van der Waals surface area contributed by atoms with E-state index in [1.54, 1.807) is 0 Å². The van der Waals surface area contributed by atoms with Crippen LogP contribution in [0.3, 0.4) is 0 Å². The molecule has 0 bridgehead atoms. The molecular formula is C10H21NO. The average Bonchev–Trinajstić information content (AvgIpc) is 2.02. The Bertz CT molecular complexity index is 122. The summed E-state index contributed by atoms with van der Waals surface area (Å²) >= 11 is 0. The highest BCUT2D eigenvalue weighted by Gasteiger charge is 2.18. The highest BCUT2D eigenvalue weighted by atomic mass is 16.3. The summed E-state index contributed by atoms with van der Waals surface area (Å²) in [6.45, 7) is 6.11. The molecule has 1 unspecified atom stereocenters. The number of aliphatic hydroxyl groups is 1. The van der Waals surface area contributed by atoms with Crippen LogP contribution in [0.4, 0.5) is 0 Å². The molecule has 1 atom stereocenters. The van der Waals surface area contributed by atoms with E-state index >= 15 is 0 Å². The molecule has 0 saturated carbocycles. The predicted molar refractivity (Wildman–Crippen MR) is 51.1 cm³/mol. The molecule has 2 heteroatoms. The van der Waals surface area contributed by atoms with Crippen LogP contribution in [-0.4, -0.2) is 23.8 Å². The smallest absolute Gasteiger partial charge is 0.0591 e. The summed E-state index contributed by atoms with van der Waals surface area (Å²) in [6.07, 6.45) is 4.73. The molecule has 1 rings (SSSR count). The summed E-state index contributed by atoms with van der Waals surface area (Å²) < 4.78 is 0. The van der Waals surface area contributed by atoms with Crippen LogP contribution in [-0.2, 0) is 0 Å². The first-order chi connectivity index (χ1) is 5.58. The molecule has 72 valence electrons. The van der Waals surface area contributed by atoms with Crippen molar-refractivity contribution in [2.24, 2.45) is 5.92 Å². The number of hydrogen-bond donors (Lipinski definition) is 2. The second kappa shape index (κ2) is 4.24. The third-order valence-electron chi connectivity index (χ3n) is 2.56. The Labute approximate surface area is 75.4 Å². The zero-order chi connectivity index (χ0) is 9.03. The van der Waals surface area contributed by atoms with Crippen molar-refractivity contribution in [1.82, 2.24) is 5.32 Å². The van der Waals surface area contributed by atoms with Gasteiger partial charge in [0.05, 0.1) is 5.60 Å². The first-order valence-electron chi connectivity index (χ1n) is 5.01. The fraction of sp³-hybridized carbons (Fsp3) is 1.00. The molecule has 0 spiro atoms. The molecule has 1 fully saturated rings. The summed E-state index contributed by atoms with van der Waals surface area (Å²) in [5.41, 5.74) is -0.475. The number of rotatable bonds is 3. The Morgan fingerprint density at radius 3 is 2.75 bits per heavy atom. The molecule has 1 heterocycles. The summed E-state index contributed by atoms with van der Waals surface area (Å²) in [7, 11) is 0. The van der Waals surface area contributed by atoms with Crippen molar-refractivity contribution >= 4 is 0 Å². The minimum Gasteiger partial charge on any atom is -0.390 e. The minimum absolute atomic E-state index is 0.475. The Morgan fingerprint density at radius 2 is 2.25 bits per heavy atom. The van der Waals surface area contributed by atoms with Gasteiger partial charge >= 0.3 is 0 Å². The van der Waals surface area contributed by atoms with Crippen molar-refractivity contribution in [2.75, 3.05) is 13.1 Å². The molecule has 1 saturated heterocycles. The van der Waals surface area contributed by atoms with Crippen molar-refractivity contribution in [3.63, 3.8) is 0 Å².